The van der Waals surface area contributed by atoms with E-state index in [0.29, 0.717) is 5.92 Å². The average Bonchev–Trinajstić information content (AvgIpc) is 2.83. The molecule has 0 spiro atoms. The van der Waals surface area contributed by atoms with Crippen LogP contribution in [-0.4, -0.2) is 16.7 Å². The van der Waals surface area contributed by atoms with Crippen LogP contribution < -0.4 is 5.73 Å². The Balaban J connectivity index is 1.65. The highest BCUT2D eigenvalue weighted by atomic mass is 16.5. The van der Waals surface area contributed by atoms with E-state index in [1.165, 1.54) is 51.4 Å². The van der Waals surface area contributed by atoms with E-state index in [9.17, 15) is 0 Å². The van der Waals surface area contributed by atoms with Crippen LogP contribution in [0, 0.1) is 5.41 Å². The van der Waals surface area contributed by atoms with E-state index < -0.39 is 0 Å². The van der Waals surface area contributed by atoms with Gasteiger partial charge >= 0.3 is 0 Å². The molecule has 1 aromatic heterocycles. The molecule has 2 N–H and O–H groups in total. The zero-order valence-electron chi connectivity index (χ0n) is 11.0. The van der Waals surface area contributed by atoms with Gasteiger partial charge in [0.05, 0.1) is 0 Å². The molecule has 18 heavy (non-hydrogen) atoms. The number of aromatic nitrogens is 2. The molecule has 4 nitrogen and oxygen atoms in total. The van der Waals surface area contributed by atoms with E-state index in [1.54, 1.807) is 0 Å². The number of rotatable bonds is 4. The van der Waals surface area contributed by atoms with Crippen molar-refractivity contribution in [1.82, 2.24) is 10.1 Å². The second kappa shape index (κ2) is 5.00. The maximum absolute atomic E-state index is 5.88. The van der Waals surface area contributed by atoms with Gasteiger partial charge in [0.15, 0.2) is 5.82 Å². The van der Waals surface area contributed by atoms with E-state index >= 15 is 0 Å². The minimum atomic E-state index is 0.260. The Bertz CT molecular complexity index is 386. The molecule has 0 unspecified atom stereocenters. The van der Waals surface area contributed by atoms with Gasteiger partial charge in [-0.05, 0) is 37.6 Å². The lowest BCUT2D eigenvalue weighted by Gasteiger charge is -2.39. The monoisotopic (exact) mass is 249 g/mol. The number of hydrogen-bond acceptors (Lipinski definition) is 4. The van der Waals surface area contributed by atoms with Gasteiger partial charge < -0.3 is 10.3 Å². The molecule has 1 heterocycles. The second-order valence-corrected chi connectivity index (χ2v) is 6.12. The van der Waals surface area contributed by atoms with Gasteiger partial charge in [0.1, 0.15) is 0 Å². The quantitative estimate of drug-likeness (QED) is 0.891. The highest BCUT2D eigenvalue weighted by Crippen LogP contribution is 2.42. The first kappa shape index (κ1) is 12.2. The number of nitrogens with two attached hydrogens (primary N) is 1. The van der Waals surface area contributed by atoms with Gasteiger partial charge in [-0.3, -0.25) is 0 Å². The van der Waals surface area contributed by atoms with Crippen LogP contribution in [-0.2, 0) is 6.42 Å². The van der Waals surface area contributed by atoms with Crippen molar-refractivity contribution in [1.29, 1.82) is 0 Å². The maximum Gasteiger partial charge on any atom is 0.227 e. The van der Waals surface area contributed by atoms with Crippen LogP contribution in [0.2, 0.25) is 0 Å². The molecule has 0 aromatic carbocycles. The Morgan fingerprint density at radius 2 is 1.94 bits per heavy atom. The van der Waals surface area contributed by atoms with Crippen molar-refractivity contribution in [3.63, 3.8) is 0 Å². The molecule has 2 saturated carbocycles. The smallest absolute Gasteiger partial charge is 0.227 e. The molecule has 0 atom stereocenters. The summed E-state index contributed by atoms with van der Waals surface area (Å²) in [6.45, 7) is 0.744. The minimum absolute atomic E-state index is 0.260. The van der Waals surface area contributed by atoms with E-state index in [0.717, 1.165) is 24.7 Å². The molecule has 0 radical (unpaired) electrons. The lowest BCUT2D eigenvalue weighted by molar-refractivity contribution is 0.129. The van der Waals surface area contributed by atoms with Crippen molar-refractivity contribution < 1.29 is 4.52 Å². The first-order chi connectivity index (χ1) is 8.81. The molecule has 1 aromatic rings. The summed E-state index contributed by atoms with van der Waals surface area (Å²) in [5, 5.41) is 4.19. The zero-order valence-corrected chi connectivity index (χ0v) is 11.0. The summed E-state index contributed by atoms with van der Waals surface area (Å²) >= 11 is 0. The summed E-state index contributed by atoms with van der Waals surface area (Å²) < 4.78 is 5.43. The first-order valence-corrected chi connectivity index (χ1v) is 7.34. The lowest BCUT2D eigenvalue weighted by atomic mass is 9.67. The van der Waals surface area contributed by atoms with Gasteiger partial charge in [-0.15, -0.1) is 0 Å². The maximum atomic E-state index is 5.88. The van der Waals surface area contributed by atoms with Gasteiger partial charge in [-0.2, -0.15) is 4.98 Å². The van der Waals surface area contributed by atoms with Crippen molar-refractivity contribution in [2.45, 2.75) is 63.7 Å². The summed E-state index contributed by atoms with van der Waals surface area (Å²) in [4.78, 5) is 4.62. The van der Waals surface area contributed by atoms with E-state index in [2.05, 4.69) is 10.1 Å². The minimum Gasteiger partial charge on any atom is -0.339 e. The van der Waals surface area contributed by atoms with E-state index in [4.69, 9.17) is 10.3 Å². The molecule has 2 aliphatic rings. The highest BCUT2D eigenvalue weighted by Gasteiger charge is 2.37. The fourth-order valence-corrected chi connectivity index (χ4v) is 3.32. The van der Waals surface area contributed by atoms with Gasteiger partial charge in [0, 0.05) is 12.3 Å². The topological polar surface area (TPSA) is 64.9 Å². The molecule has 0 aliphatic heterocycles. The van der Waals surface area contributed by atoms with Crippen LogP contribution >= 0.6 is 0 Å². The molecule has 3 rings (SSSR count). The summed E-state index contributed by atoms with van der Waals surface area (Å²) in [7, 11) is 0. The third-order valence-electron chi connectivity index (χ3n) is 4.83. The second-order valence-electron chi connectivity index (χ2n) is 6.12. The Kier molecular flexibility index (Phi) is 3.37. The van der Waals surface area contributed by atoms with Crippen molar-refractivity contribution in [3.05, 3.63) is 11.7 Å². The fraction of sp³-hybridized carbons (Fsp3) is 0.857. The summed E-state index contributed by atoms with van der Waals surface area (Å²) in [5.41, 5.74) is 6.14. The molecule has 0 saturated heterocycles. The van der Waals surface area contributed by atoms with Crippen molar-refractivity contribution >= 4 is 0 Å². The Hall–Kier alpha value is -0.900. The van der Waals surface area contributed by atoms with Crippen LogP contribution in [0.15, 0.2) is 4.52 Å². The standard InChI is InChI=1S/C14H23N3O/c15-10-14(7-4-8-14)9-12-16-13(17-18-12)11-5-2-1-3-6-11/h11H,1-10,15H2. The van der Waals surface area contributed by atoms with Crippen molar-refractivity contribution in [2.75, 3.05) is 6.54 Å². The first-order valence-electron chi connectivity index (χ1n) is 7.34. The van der Waals surface area contributed by atoms with Crippen LogP contribution in [0.1, 0.15) is 69.0 Å². The zero-order chi connectivity index (χ0) is 12.4. The van der Waals surface area contributed by atoms with E-state index in [1.807, 2.05) is 0 Å². The normalized spacial score (nSPS) is 23.8. The van der Waals surface area contributed by atoms with Crippen LogP contribution in [0.3, 0.4) is 0 Å². The molecule has 2 fully saturated rings. The Morgan fingerprint density at radius 1 is 1.17 bits per heavy atom. The van der Waals surface area contributed by atoms with Gasteiger partial charge in [-0.1, -0.05) is 30.8 Å². The molecule has 0 bridgehead atoms. The van der Waals surface area contributed by atoms with Crippen LogP contribution in [0.4, 0.5) is 0 Å². The Labute approximate surface area is 108 Å². The molecule has 100 valence electrons. The van der Waals surface area contributed by atoms with E-state index in [-0.39, 0.29) is 5.41 Å². The molecular formula is C14H23N3O. The molecule has 2 aliphatic carbocycles. The van der Waals surface area contributed by atoms with Gasteiger partial charge in [0.25, 0.3) is 0 Å². The molecule has 4 heteroatoms. The van der Waals surface area contributed by atoms with Crippen molar-refractivity contribution in [2.24, 2.45) is 11.1 Å². The predicted molar refractivity (Wildman–Crippen MR) is 69.2 cm³/mol. The summed E-state index contributed by atoms with van der Waals surface area (Å²) in [6, 6.07) is 0. The summed E-state index contributed by atoms with van der Waals surface area (Å²) in [6.07, 6.45) is 11.0. The van der Waals surface area contributed by atoms with Gasteiger partial charge in [0.2, 0.25) is 5.89 Å². The molecule has 0 amide bonds. The third-order valence-corrected chi connectivity index (χ3v) is 4.83. The van der Waals surface area contributed by atoms with Crippen LogP contribution in [0.25, 0.3) is 0 Å². The summed E-state index contributed by atoms with van der Waals surface area (Å²) in [5.74, 6) is 2.28. The SMILES string of the molecule is NCC1(Cc2nc(C3CCCCC3)no2)CCC1. The third kappa shape index (κ3) is 2.30. The van der Waals surface area contributed by atoms with Crippen LogP contribution in [0.5, 0.6) is 0 Å². The van der Waals surface area contributed by atoms with Gasteiger partial charge in [-0.25, -0.2) is 0 Å². The largest absolute Gasteiger partial charge is 0.339 e. The predicted octanol–water partition coefficient (Wildman–Crippen LogP) is 2.79. The lowest BCUT2D eigenvalue weighted by Crippen LogP contribution is -2.39. The molecular weight excluding hydrogens is 226 g/mol. The number of hydrogen-bond donors (Lipinski definition) is 1. The van der Waals surface area contributed by atoms with Crippen molar-refractivity contribution in [3.8, 4) is 0 Å². The highest BCUT2D eigenvalue weighted by molar-refractivity contribution is 5.01. The Morgan fingerprint density at radius 3 is 2.56 bits per heavy atom. The fourth-order valence-electron chi connectivity index (χ4n) is 3.32. The average molecular weight is 249 g/mol. The number of nitrogens with zero attached hydrogens (tertiary/aromatic N) is 2.